The molecule has 5 nitrogen and oxygen atoms in total. The molecule has 1 atom stereocenters. The van der Waals surface area contributed by atoms with Gasteiger partial charge in [-0.2, -0.15) is 0 Å². The number of hydrogen-bond acceptors (Lipinski definition) is 3. The molecule has 146 valence electrons. The highest BCUT2D eigenvalue weighted by molar-refractivity contribution is 6.04. The fraction of sp³-hybridized carbons (Fsp3) is 0.435. The maximum Gasteiger partial charge on any atom is 0.254 e. The van der Waals surface area contributed by atoms with Crippen LogP contribution in [0.3, 0.4) is 0 Å². The number of hydrogen-bond donors (Lipinski definition) is 1. The molecular weight excluding hydrogens is 350 g/mol. The first-order chi connectivity index (χ1) is 13.5. The molecule has 1 fully saturated rings. The van der Waals surface area contributed by atoms with Crippen LogP contribution in [0.1, 0.15) is 61.4 Å². The molecule has 0 radical (unpaired) electrons. The maximum absolute atomic E-state index is 13.5. The van der Waals surface area contributed by atoms with Gasteiger partial charge < -0.3 is 10.2 Å². The lowest BCUT2D eigenvalue weighted by atomic mass is 9.70. The van der Waals surface area contributed by atoms with Gasteiger partial charge in [-0.25, -0.2) is 4.98 Å². The first kappa shape index (κ1) is 18.7. The standard InChI is InChI=1S/C23H27N3O2/c1-16(2)15-26-22(28)18-10-4-3-9-17(18)20(23(26)12-6-7-13-23)21(27)25-19-11-5-8-14-24-19/h3-5,8-11,14,16,20H,6-7,12-13,15H2,1-2H3,(H,24,25,27)/t20-/m0/s1. The Morgan fingerprint density at radius 1 is 1.18 bits per heavy atom. The van der Waals surface area contributed by atoms with Crippen LogP contribution in [0.15, 0.2) is 48.7 Å². The number of rotatable bonds is 4. The third kappa shape index (κ3) is 3.09. The molecule has 1 N–H and O–H groups in total. The van der Waals surface area contributed by atoms with E-state index in [9.17, 15) is 9.59 Å². The number of fused-ring (bicyclic) bond motifs is 1. The Bertz CT molecular complexity index is 872. The fourth-order valence-corrected chi connectivity index (χ4v) is 4.93. The fourth-order valence-electron chi connectivity index (χ4n) is 4.93. The van der Waals surface area contributed by atoms with Crippen molar-refractivity contribution in [2.75, 3.05) is 11.9 Å². The van der Waals surface area contributed by atoms with Crippen molar-refractivity contribution in [3.8, 4) is 0 Å². The molecule has 0 unspecified atom stereocenters. The summed E-state index contributed by atoms with van der Waals surface area (Å²) < 4.78 is 0. The molecular formula is C23H27N3O2. The Morgan fingerprint density at radius 2 is 1.89 bits per heavy atom. The second-order valence-electron chi connectivity index (χ2n) is 8.34. The molecule has 2 aliphatic rings. The molecule has 28 heavy (non-hydrogen) atoms. The molecule has 5 heteroatoms. The van der Waals surface area contributed by atoms with Crippen LogP contribution in [-0.4, -0.2) is 33.8 Å². The van der Waals surface area contributed by atoms with E-state index in [1.807, 2.05) is 41.3 Å². The number of aromatic nitrogens is 1. The zero-order chi connectivity index (χ0) is 19.7. The van der Waals surface area contributed by atoms with Gasteiger partial charge in [-0.1, -0.05) is 51.0 Å². The van der Waals surface area contributed by atoms with Gasteiger partial charge in [-0.05, 0) is 42.5 Å². The molecule has 1 aliphatic carbocycles. The second kappa shape index (κ2) is 7.38. The summed E-state index contributed by atoms with van der Waals surface area (Å²) in [6.07, 6.45) is 5.47. The van der Waals surface area contributed by atoms with E-state index in [0.717, 1.165) is 31.2 Å². The Labute approximate surface area is 166 Å². The van der Waals surface area contributed by atoms with Gasteiger partial charge >= 0.3 is 0 Å². The summed E-state index contributed by atoms with van der Waals surface area (Å²) in [7, 11) is 0. The number of anilines is 1. The Kier molecular flexibility index (Phi) is 4.92. The molecule has 2 aromatic rings. The number of carbonyl (C=O) groups excluding carboxylic acids is 2. The summed E-state index contributed by atoms with van der Waals surface area (Å²) in [6.45, 7) is 4.92. The van der Waals surface area contributed by atoms with Crippen LogP contribution in [0.25, 0.3) is 0 Å². The Morgan fingerprint density at radius 3 is 2.57 bits per heavy atom. The molecule has 2 amide bonds. The normalized spacial score (nSPS) is 20.5. The minimum absolute atomic E-state index is 0.0630. The van der Waals surface area contributed by atoms with Crippen molar-refractivity contribution >= 4 is 17.6 Å². The van der Waals surface area contributed by atoms with Crippen molar-refractivity contribution < 1.29 is 9.59 Å². The van der Waals surface area contributed by atoms with E-state index in [4.69, 9.17) is 0 Å². The molecule has 0 saturated heterocycles. The van der Waals surface area contributed by atoms with Crippen LogP contribution in [0.5, 0.6) is 0 Å². The van der Waals surface area contributed by atoms with E-state index in [2.05, 4.69) is 24.1 Å². The topological polar surface area (TPSA) is 62.3 Å². The predicted molar refractivity (Wildman–Crippen MR) is 109 cm³/mol. The van der Waals surface area contributed by atoms with Crippen molar-refractivity contribution in [2.24, 2.45) is 5.92 Å². The van der Waals surface area contributed by atoms with Crippen LogP contribution < -0.4 is 5.32 Å². The van der Waals surface area contributed by atoms with Gasteiger partial charge in [0, 0.05) is 18.3 Å². The van der Waals surface area contributed by atoms with Gasteiger partial charge in [0.25, 0.3) is 5.91 Å². The zero-order valence-electron chi connectivity index (χ0n) is 16.5. The first-order valence-electron chi connectivity index (χ1n) is 10.2. The number of carbonyl (C=O) groups is 2. The Balaban J connectivity index is 1.81. The summed E-state index contributed by atoms with van der Waals surface area (Å²) in [5, 5.41) is 3.00. The molecule has 1 aliphatic heterocycles. The minimum atomic E-state index is -0.450. The number of benzene rings is 1. The zero-order valence-corrected chi connectivity index (χ0v) is 16.5. The van der Waals surface area contributed by atoms with Crippen molar-refractivity contribution in [1.29, 1.82) is 0 Å². The highest BCUT2D eigenvalue weighted by Crippen LogP contribution is 2.50. The second-order valence-corrected chi connectivity index (χ2v) is 8.34. The number of amides is 2. The van der Waals surface area contributed by atoms with Crippen LogP contribution in [-0.2, 0) is 4.79 Å². The average Bonchev–Trinajstić information content (AvgIpc) is 3.16. The lowest BCUT2D eigenvalue weighted by Crippen LogP contribution is -2.60. The van der Waals surface area contributed by atoms with Gasteiger partial charge in [-0.15, -0.1) is 0 Å². The number of nitrogens with one attached hydrogen (secondary N) is 1. The van der Waals surface area contributed by atoms with Gasteiger partial charge in [0.1, 0.15) is 5.82 Å². The summed E-state index contributed by atoms with van der Waals surface area (Å²) in [5.74, 6) is 0.490. The predicted octanol–water partition coefficient (Wildman–Crippen LogP) is 4.23. The van der Waals surface area contributed by atoms with Gasteiger partial charge in [-0.3, -0.25) is 9.59 Å². The van der Waals surface area contributed by atoms with Crippen LogP contribution >= 0.6 is 0 Å². The highest BCUT2D eigenvalue weighted by atomic mass is 16.2. The van der Waals surface area contributed by atoms with E-state index < -0.39 is 5.54 Å². The van der Waals surface area contributed by atoms with Gasteiger partial charge in [0.15, 0.2) is 0 Å². The monoisotopic (exact) mass is 377 g/mol. The van der Waals surface area contributed by atoms with Crippen molar-refractivity contribution in [1.82, 2.24) is 9.88 Å². The van der Waals surface area contributed by atoms with E-state index in [1.165, 1.54) is 0 Å². The molecule has 1 aromatic heterocycles. The number of pyridine rings is 1. The van der Waals surface area contributed by atoms with E-state index >= 15 is 0 Å². The third-order valence-electron chi connectivity index (χ3n) is 6.02. The SMILES string of the molecule is CC(C)CN1C(=O)c2ccccc2[C@@H](C(=O)Nc2ccccn2)C12CCCC2. The van der Waals surface area contributed by atoms with Crippen molar-refractivity contribution in [3.63, 3.8) is 0 Å². The van der Waals surface area contributed by atoms with Gasteiger partial charge in [0.2, 0.25) is 5.91 Å². The molecule has 1 saturated carbocycles. The van der Waals surface area contributed by atoms with Crippen molar-refractivity contribution in [3.05, 3.63) is 59.8 Å². The smallest absolute Gasteiger partial charge is 0.254 e. The van der Waals surface area contributed by atoms with E-state index in [-0.39, 0.29) is 17.7 Å². The lowest BCUT2D eigenvalue weighted by molar-refractivity contribution is -0.121. The van der Waals surface area contributed by atoms with E-state index in [1.54, 1.807) is 12.3 Å². The van der Waals surface area contributed by atoms with E-state index in [0.29, 0.717) is 23.8 Å². The van der Waals surface area contributed by atoms with Crippen LogP contribution in [0.4, 0.5) is 5.82 Å². The third-order valence-corrected chi connectivity index (χ3v) is 6.02. The maximum atomic E-state index is 13.5. The quantitative estimate of drug-likeness (QED) is 0.867. The first-order valence-corrected chi connectivity index (χ1v) is 10.2. The van der Waals surface area contributed by atoms with Gasteiger partial charge in [0.05, 0.1) is 11.5 Å². The molecule has 4 rings (SSSR count). The lowest BCUT2D eigenvalue weighted by Gasteiger charge is -2.50. The minimum Gasteiger partial charge on any atom is -0.332 e. The largest absolute Gasteiger partial charge is 0.332 e. The molecule has 0 bridgehead atoms. The van der Waals surface area contributed by atoms with Crippen LogP contribution in [0, 0.1) is 5.92 Å². The highest BCUT2D eigenvalue weighted by Gasteiger charge is 2.55. The summed E-state index contributed by atoms with van der Waals surface area (Å²) in [5.41, 5.74) is 1.05. The molecule has 1 spiro atoms. The Hall–Kier alpha value is -2.69. The summed E-state index contributed by atoms with van der Waals surface area (Å²) in [6, 6.07) is 13.1. The van der Waals surface area contributed by atoms with Crippen LogP contribution in [0.2, 0.25) is 0 Å². The average molecular weight is 377 g/mol. The van der Waals surface area contributed by atoms with Crippen molar-refractivity contribution in [2.45, 2.75) is 51.0 Å². The molecule has 2 heterocycles. The number of nitrogens with zero attached hydrogens (tertiary/aromatic N) is 2. The molecule has 1 aromatic carbocycles. The summed E-state index contributed by atoms with van der Waals surface area (Å²) in [4.78, 5) is 33.2. The summed E-state index contributed by atoms with van der Waals surface area (Å²) >= 11 is 0.